The molecule has 126 valence electrons. The summed E-state index contributed by atoms with van der Waals surface area (Å²) in [4.78, 5) is 4.21. The van der Waals surface area contributed by atoms with Crippen LogP contribution in [0, 0.1) is 13.8 Å². The molecule has 5 rings (SSSR count). The Balaban J connectivity index is 1.85. The molecule has 2 aromatic heterocycles. The zero-order valence-corrected chi connectivity index (χ0v) is 14.6. The highest BCUT2D eigenvalue weighted by Crippen LogP contribution is 2.39. The molecule has 26 heavy (non-hydrogen) atoms. The van der Waals surface area contributed by atoms with Crippen molar-refractivity contribution in [2.45, 2.75) is 13.8 Å². The second kappa shape index (κ2) is 5.40. The molecule has 0 aliphatic carbocycles. The van der Waals surface area contributed by atoms with Crippen LogP contribution >= 0.6 is 0 Å². The van der Waals surface area contributed by atoms with Crippen LogP contribution in [0.15, 0.2) is 65.3 Å². The molecule has 0 aliphatic rings. The fourth-order valence-corrected chi connectivity index (χ4v) is 3.73. The minimum Gasteiger partial charge on any atom is -0.454 e. The SMILES string of the molecule is [2H]C([2H])([2H])c1c[n+](C)c(-c2c(C)ccc3c2oc2c4ccccc4ccc32)cn1. The number of fused-ring (bicyclic) bond motifs is 5. The fourth-order valence-electron chi connectivity index (χ4n) is 3.73. The van der Waals surface area contributed by atoms with Crippen LogP contribution in [-0.2, 0) is 7.05 Å². The van der Waals surface area contributed by atoms with Gasteiger partial charge in [0.15, 0.2) is 6.20 Å². The van der Waals surface area contributed by atoms with Crippen LogP contribution in [0.5, 0.6) is 0 Å². The topological polar surface area (TPSA) is 29.9 Å². The van der Waals surface area contributed by atoms with Crippen LogP contribution in [0.3, 0.4) is 0 Å². The van der Waals surface area contributed by atoms with E-state index in [1.165, 1.54) is 0 Å². The van der Waals surface area contributed by atoms with E-state index < -0.39 is 6.85 Å². The maximum absolute atomic E-state index is 7.61. The third-order valence-electron chi connectivity index (χ3n) is 5.02. The van der Waals surface area contributed by atoms with E-state index in [2.05, 4.69) is 41.4 Å². The third kappa shape index (κ3) is 2.07. The molecule has 3 heteroatoms. The normalized spacial score (nSPS) is 13.8. The smallest absolute Gasteiger partial charge is 0.234 e. The maximum atomic E-state index is 7.61. The van der Waals surface area contributed by atoms with E-state index in [0.29, 0.717) is 0 Å². The Labute approximate surface area is 155 Å². The number of aromatic nitrogens is 2. The molecule has 0 amide bonds. The number of benzene rings is 3. The van der Waals surface area contributed by atoms with Gasteiger partial charge in [0.05, 0.1) is 11.8 Å². The molecule has 0 radical (unpaired) electrons. The summed E-state index contributed by atoms with van der Waals surface area (Å²) in [5.74, 6) is 0. The lowest BCUT2D eigenvalue weighted by molar-refractivity contribution is -0.661. The quantitative estimate of drug-likeness (QED) is 0.390. The summed E-state index contributed by atoms with van der Waals surface area (Å²) in [7, 11) is 1.84. The summed E-state index contributed by atoms with van der Waals surface area (Å²) in [5.41, 5.74) is 4.50. The van der Waals surface area contributed by atoms with Crippen molar-refractivity contribution >= 4 is 32.7 Å². The van der Waals surface area contributed by atoms with Crippen LogP contribution < -0.4 is 4.57 Å². The highest BCUT2D eigenvalue weighted by molar-refractivity contribution is 6.17. The van der Waals surface area contributed by atoms with Gasteiger partial charge in [0.2, 0.25) is 5.69 Å². The summed E-state index contributed by atoms with van der Waals surface area (Å²) < 4.78 is 31.1. The van der Waals surface area contributed by atoms with Crippen molar-refractivity contribution in [1.29, 1.82) is 0 Å². The average molecular weight is 342 g/mol. The Morgan fingerprint density at radius 3 is 2.62 bits per heavy atom. The highest BCUT2D eigenvalue weighted by atomic mass is 16.3. The summed E-state index contributed by atoms with van der Waals surface area (Å²) in [6, 6.07) is 16.5. The second-order valence-corrected chi connectivity index (χ2v) is 6.67. The van der Waals surface area contributed by atoms with Gasteiger partial charge in [-0.25, -0.2) is 4.98 Å². The van der Waals surface area contributed by atoms with E-state index in [-0.39, 0.29) is 5.69 Å². The molecule has 0 spiro atoms. The minimum atomic E-state index is -2.24. The Hall–Kier alpha value is -3.20. The van der Waals surface area contributed by atoms with Gasteiger partial charge in [0.25, 0.3) is 0 Å². The largest absolute Gasteiger partial charge is 0.454 e. The van der Waals surface area contributed by atoms with Gasteiger partial charge < -0.3 is 4.42 Å². The van der Waals surface area contributed by atoms with Gasteiger partial charge in [-0.05, 0) is 30.8 Å². The van der Waals surface area contributed by atoms with E-state index in [1.807, 2.05) is 30.7 Å². The molecule has 0 N–H and O–H groups in total. The van der Waals surface area contributed by atoms with Crippen molar-refractivity contribution in [1.82, 2.24) is 4.98 Å². The molecule has 0 unspecified atom stereocenters. The number of hydrogen-bond acceptors (Lipinski definition) is 2. The Bertz CT molecular complexity index is 1420. The minimum absolute atomic E-state index is 0.0733. The first-order chi connectivity index (χ1) is 13.8. The average Bonchev–Trinajstić information content (AvgIpc) is 3.07. The van der Waals surface area contributed by atoms with Crippen molar-refractivity contribution in [3.8, 4) is 11.3 Å². The number of furan rings is 1. The van der Waals surface area contributed by atoms with Crippen LogP contribution in [0.25, 0.3) is 44.0 Å². The van der Waals surface area contributed by atoms with Gasteiger partial charge in [-0.2, -0.15) is 4.57 Å². The van der Waals surface area contributed by atoms with Crippen LogP contribution in [0.4, 0.5) is 0 Å². The Morgan fingerprint density at radius 1 is 0.962 bits per heavy atom. The van der Waals surface area contributed by atoms with E-state index in [9.17, 15) is 0 Å². The van der Waals surface area contributed by atoms with Gasteiger partial charge in [-0.3, -0.25) is 0 Å². The summed E-state index contributed by atoms with van der Waals surface area (Å²) in [5, 5.41) is 4.30. The molecule has 5 aromatic rings. The van der Waals surface area contributed by atoms with Crippen LogP contribution in [0.2, 0.25) is 0 Å². The van der Waals surface area contributed by atoms with Crippen molar-refractivity contribution < 1.29 is 13.1 Å². The molecular formula is C23H19N2O+. The fraction of sp³-hybridized carbons (Fsp3) is 0.130. The molecule has 0 atom stereocenters. The molecule has 0 saturated carbocycles. The summed E-state index contributed by atoms with van der Waals surface area (Å²) in [6.45, 7) is -0.215. The Kier molecular flexibility index (Phi) is 2.53. The lowest BCUT2D eigenvalue weighted by Crippen LogP contribution is -2.31. The highest BCUT2D eigenvalue weighted by Gasteiger charge is 2.21. The number of hydrogen-bond donors (Lipinski definition) is 0. The van der Waals surface area contributed by atoms with Gasteiger partial charge >= 0.3 is 0 Å². The first kappa shape index (κ1) is 12.2. The molecule has 0 fully saturated rings. The predicted molar refractivity (Wildman–Crippen MR) is 105 cm³/mol. The van der Waals surface area contributed by atoms with Crippen LogP contribution in [-0.4, -0.2) is 4.98 Å². The van der Waals surface area contributed by atoms with Crippen molar-refractivity contribution in [2.24, 2.45) is 7.05 Å². The zero-order chi connectivity index (χ0) is 20.3. The van der Waals surface area contributed by atoms with Gasteiger partial charge in [0.1, 0.15) is 23.9 Å². The molecule has 2 heterocycles. The summed E-state index contributed by atoms with van der Waals surface area (Å²) in [6.07, 6.45) is 3.19. The number of rotatable bonds is 1. The van der Waals surface area contributed by atoms with E-state index in [0.717, 1.165) is 49.5 Å². The molecule has 0 bridgehead atoms. The number of nitrogens with zero attached hydrogens (tertiary/aromatic N) is 2. The lowest BCUT2D eigenvalue weighted by Gasteiger charge is -2.05. The molecule has 0 aliphatic heterocycles. The van der Waals surface area contributed by atoms with Crippen molar-refractivity contribution in [2.75, 3.05) is 0 Å². The lowest BCUT2D eigenvalue weighted by atomic mass is 10.0. The van der Waals surface area contributed by atoms with Gasteiger partial charge in [0, 0.05) is 20.3 Å². The Morgan fingerprint density at radius 2 is 1.77 bits per heavy atom. The van der Waals surface area contributed by atoms with E-state index >= 15 is 0 Å². The first-order valence-electron chi connectivity index (χ1n) is 10.0. The van der Waals surface area contributed by atoms with Crippen molar-refractivity contribution in [3.05, 3.63) is 72.2 Å². The predicted octanol–water partition coefficient (Wildman–Crippen LogP) is 5.24. The molecular weight excluding hydrogens is 320 g/mol. The summed E-state index contributed by atoms with van der Waals surface area (Å²) >= 11 is 0. The number of aryl methyl sites for hydroxylation is 3. The monoisotopic (exact) mass is 342 g/mol. The van der Waals surface area contributed by atoms with Gasteiger partial charge in [-0.15, -0.1) is 0 Å². The van der Waals surface area contributed by atoms with E-state index in [4.69, 9.17) is 8.53 Å². The zero-order valence-electron chi connectivity index (χ0n) is 17.6. The third-order valence-corrected chi connectivity index (χ3v) is 5.02. The molecule has 3 aromatic carbocycles. The second-order valence-electron chi connectivity index (χ2n) is 6.67. The standard InChI is InChI=1S/C23H19N2O/c1-14-8-10-19-18-11-9-16-6-4-5-7-17(16)22(18)26-23(19)21(14)20-12-24-15(2)13-25(20)3/h4-13H,1-3H3/q+1/i2D3. The first-order valence-corrected chi connectivity index (χ1v) is 8.55. The van der Waals surface area contributed by atoms with Gasteiger partial charge in [-0.1, -0.05) is 42.5 Å². The van der Waals surface area contributed by atoms with Crippen LogP contribution in [0.1, 0.15) is 15.4 Å². The van der Waals surface area contributed by atoms with Crippen molar-refractivity contribution in [3.63, 3.8) is 0 Å². The molecule has 3 nitrogen and oxygen atoms in total. The molecule has 0 saturated heterocycles. The maximum Gasteiger partial charge on any atom is 0.234 e. The van der Waals surface area contributed by atoms with E-state index in [1.54, 1.807) is 12.4 Å².